The van der Waals surface area contributed by atoms with Crippen LogP contribution in [0.1, 0.15) is 41.0 Å². The maximum atomic E-state index is 10.2. The van der Waals surface area contributed by atoms with E-state index in [1.165, 1.54) is 0 Å². The summed E-state index contributed by atoms with van der Waals surface area (Å²) in [7, 11) is -1.73. The van der Waals surface area contributed by atoms with Crippen LogP contribution in [0.2, 0.25) is 6.04 Å². The molecule has 0 spiro atoms. The number of hydrogen-bond donors (Lipinski definition) is 0. The van der Waals surface area contributed by atoms with E-state index < -0.39 is 9.28 Å². The van der Waals surface area contributed by atoms with Crippen LogP contribution in [0.3, 0.4) is 0 Å². The van der Waals surface area contributed by atoms with Gasteiger partial charge in [0.1, 0.15) is 0 Å². The Bertz CT molecular complexity index is 217. The maximum Gasteiger partial charge on any atom is 0.324 e. The van der Waals surface area contributed by atoms with Crippen molar-refractivity contribution in [3.8, 4) is 0 Å². The van der Waals surface area contributed by atoms with Crippen molar-refractivity contribution in [2.75, 3.05) is 0 Å². The van der Waals surface area contributed by atoms with Crippen molar-refractivity contribution in [1.82, 2.24) is 0 Å². The highest BCUT2D eigenvalue weighted by molar-refractivity contribution is 6.44. The van der Waals surface area contributed by atoms with Gasteiger partial charge in [-0.05, 0) is 34.1 Å². The summed E-state index contributed by atoms with van der Waals surface area (Å²) < 4.78 is 11.5. The van der Waals surface area contributed by atoms with E-state index in [1.54, 1.807) is 6.08 Å². The van der Waals surface area contributed by atoms with E-state index in [9.17, 15) is 4.79 Å². The molecule has 0 aliphatic carbocycles. The van der Waals surface area contributed by atoms with Crippen LogP contribution in [0, 0.1) is 0 Å². The van der Waals surface area contributed by atoms with Crippen LogP contribution in [0.15, 0.2) is 4.99 Å². The number of nitrogens with zero attached hydrogens (tertiary/aromatic N) is 1. The largest absolute Gasteiger partial charge is 0.394 e. The van der Waals surface area contributed by atoms with E-state index in [-0.39, 0.29) is 18.2 Å². The molecular formula is C11H23NO3Si. The molecule has 16 heavy (non-hydrogen) atoms. The monoisotopic (exact) mass is 245 g/mol. The molecule has 5 heteroatoms. The van der Waals surface area contributed by atoms with Crippen LogP contribution in [-0.4, -0.2) is 33.6 Å². The molecule has 0 amide bonds. The van der Waals surface area contributed by atoms with Gasteiger partial charge < -0.3 is 8.85 Å². The summed E-state index contributed by atoms with van der Waals surface area (Å²) in [5.41, 5.74) is 0. The summed E-state index contributed by atoms with van der Waals surface area (Å²) in [6.45, 7) is 9.98. The van der Waals surface area contributed by atoms with Crippen LogP contribution >= 0.6 is 0 Å². The lowest BCUT2D eigenvalue weighted by molar-refractivity contribution is 0.128. The van der Waals surface area contributed by atoms with Crippen LogP contribution in [0.5, 0.6) is 0 Å². The molecule has 0 radical (unpaired) electrons. The molecule has 1 atom stereocenters. The van der Waals surface area contributed by atoms with Gasteiger partial charge in [-0.2, -0.15) is 0 Å². The molecule has 0 N–H and O–H groups in total. The topological polar surface area (TPSA) is 47.9 Å². The molecule has 0 bridgehead atoms. The predicted molar refractivity (Wildman–Crippen MR) is 66.6 cm³/mol. The number of carbonyl (C=O) groups excluding carboxylic acids is 1. The first kappa shape index (κ1) is 15.5. The van der Waals surface area contributed by atoms with Crippen molar-refractivity contribution in [2.24, 2.45) is 4.99 Å². The molecule has 0 heterocycles. The Kier molecular flexibility index (Phi) is 8.38. The first-order valence-electron chi connectivity index (χ1n) is 5.87. The Hall–Kier alpha value is -0.483. The van der Waals surface area contributed by atoms with E-state index >= 15 is 0 Å². The third-order valence-corrected chi connectivity index (χ3v) is 4.64. The minimum atomic E-state index is -1.73. The van der Waals surface area contributed by atoms with Crippen molar-refractivity contribution in [2.45, 2.75) is 65.3 Å². The van der Waals surface area contributed by atoms with Gasteiger partial charge in [0.05, 0.1) is 6.04 Å². The molecule has 4 nitrogen and oxygen atoms in total. The van der Waals surface area contributed by atoms with Gasteiger partial charge >= 0.3 is 9.28 Å². The lowest BCUT2D eigenvalue weighted by Gasteiger charge is -2.23. The number of aliphatic imine (C=N–C) groups is 1. The van der Waals surface area contributed by atoms with E-state index in [1.807, 2.05) is 34.6 Å². The molecule has 0 aromatic carbocycles. The molecule has 0 aliphatic rings. The van der Waals surface area contributed by atoms with Crippen LogP contribution in [0.25, 0.3) is 0 Å². The van der Waals surface area contributed by atoms with Crippen molar-refractivity contribution >= 4 is 15.4 Å². The molecule has 94 valence electrons. The second-order valence-corrected chi connectivity index (χ2v) is 6.19. The molecule has 0 fully saturated rings. The van der Waals surface area contributed by atoms with Gasteiger partial charge in [-0.25, -0.2) is 9.79 Å². The van der Waals surface area contributed by atoms with Crippen LogP contribution < -0.4 is 0 Å². The molecule has 0 aromatic heterocycles. The maximum absolute atomic E-state index is 10.2. The molecule has 0 saturated heterocycles. The van der Waals surface area contributed by atoms with Gasteiger partial charge in [0.2, 0.25) is 6.08 Å². The second-order valence-electron chi connectivity index (χ2n) is 4.32. The summed E-state index contributed by atoms with van der Waals surface area (Å²) in [6.07, 6.45) is 2.76. The fraction of sp³-hybridized carbons (Fsp3) is 0.909. The molecule has 0 rings (SSSR count). The zero-order chi connectivity index (χ0) is 12.6. The predicted octanol–water partition coefficient (Wildman–Crippen LogP) is 2.17. The second kappa shape index (κ2) is 8.64. The average Bonchev–Trinajstić information content (AvgIpc) is 2.14. The highest BCUT2D eigenvalue weighted by Crippen LogP contribution is 2.12. The quantitative estimate of drug-likeness (QED) is 0.374. The smallest absolute Gasteiger partial charge is 0.324 e. The molecule has 0 saturated carbocycles. The van der Waals surface area contributed by atoms with E-state index in [0.29, 0.717) is 0 Å². The van der Waals surface area contributed by atoms with E-state index in [4.69, 9.17) is 8.85 Å². The lowest BCUT2D eigenvalue weighted by atomic mass is 10.3. The molecule has 0 aromatic rings. The van der Waals surface area contributed by atoms with Gasteiger partial charge in [0, 0.05) is 18.3 Å². The van der Waals surface area contributed by atoms with Crippen molar-refractivity contribution in [3.05, 3.63) is 0 Å². The highest BCUT2D eigenvalue weighted by atomic mass is 28.3. The van der Waals surface area contributed by atoms with Gasteiger partial charge in [0.25, 0.3) is 0 Å². The first-order valence-corrected chi connectivity index (χ1v) is 7.63. The summed E-state index contributed by atoms with van der Waals surface area (Å²) in [6, 6.07) is 0.730. The molecule has 0 aliphatic heterocycles. The fourth-order valence-corrected chi connectivity index (χ4v) is 3.74. The Balaban J connectivity index is 4.32. The zero-order valence-corrected chi connectivity index (χ0v) is 12.1. The molecule has 1 unspecified atom stereocenters. The van der Waals surface area contributed by atoms with Crippen LogP contribution in [0.4, 0.5) is 0 Å². The summed E-state index contributed by atoms with van der Waals surface area (Å²) in [5, 5.41) is 0. The Labute approximate surface area is 99.9 Å². The summed E-state index contributed by atoms with van der Waals surface area (Å²) in [5.74, 6) is 0. The molecular weight excluding hydrogens is 222 g/mol. The number of rotatable bonds is 8. The Morgan fingerprint density at radius 2 is 1.69 bits per heavy atom. The Morgan fingerprint density at radius 1 is 1.19 bits per heavy atom. The van der Waals surface area contributed by atoms with E-state index in [0.717, 1.165) is 12.5 Å². The third kappa shape index (κ3) is 7.76. The number of hydrogen-bond acceptors (Lipinski definition) is 4. The SMILES string of the molecule is CCC(C[SiH](OC(C)C)OC(C)C)N=C=O. The number of isocyanates is 1. The van der Waals surface area contributed by atoms with Gasteiger partial charge in [-0.15, -0.1) is 0 Å². The van der Waals surface area contributed by atoms with Crippen molar-refractivity contribution in [3.63, 3.8) is 0 Å². The van der Waals surface area contributed by atoms with E-state index in [2.05, 4.69) is 4.99 Å². The van der Waals surface area contributed by atoms with Crippen molar-refractivity contribution in [1.29, 1.82) is 0 Å². The summed E-state index contributed by atoms with van der Waals surface area (Å²) in [4.78, 5) is 14.0. The minimum absolute atomic E-state index is 0.00772. The summed E-state index contributed by atoms with van der Waals surface area (Å²) >= 11 is 0. The lowest BCUT2D eigenvalue weighted by Crippen LogP contribution is -2.32. The van der Waals surface area contributed by atoms with Gasteiger partial charge in [-0.1, -0.05) is 6.92 Å². The Morgan fingerprint density at radius 3 is 2.00 bits per heavy atom. The first-order chi connectivity index (χ1) is 7.49. The fourth-order valence-electron chi connectivity index (χ4n) is 1.36. The van der Waals surface area contributed by atoms with Gasteiger partial charge in [-0.3, -0.25) is 0 Å². The van der Waals surface area contributed by atoms with Crippen molar-refractivity contribution < 1.29 is 13.6 Å². The third-order valence-electron chi connectivity index (χ3n) is 2.02. The highest BCUT2D eigenvalue weighted by Gasteiger charge is 2.21. The minimum Gasteiger partial charge on any atom is -0.394 e. The van der Waals surface area contributed by atoms with Gasteiger partial charge in [0.15, 0.2) is 0 Å². The van der Waals surface area contributed by atoms with Crippen LogP contribution in [-0.2, 0) is 13.6 Å². The zero-order valence-electron chi connectivity index (χ0n) is 10.9. The standard InChI is InChI=1S/C11H23NO3Si/c1-6-11(12-8-13)7-16(14-9(2)3)15-10(4)5/h9-11,16H,6-7H2,1-5H3. The average molecular weight is 245 g/mol. The normalized spacial score (nSPS) is 13.2.